The number of hydrogen-bond acceptors (Lipinski definition) is 5. The van der Waals surface area contributed by atoms with Gasteiger partial charge in [0.15, 0.2) is 0 Å². The molecule has 6 heteroatoms. The second kappa shape index (κ2) is 6.10. The second-order valence-corrected chi connectivity index (χ2v) is 7.75. The highest BCUT2D eigenvalue weighted by atomic mass is 32.1. The van der Waals surface area contributed by atoms with E-state index in [9.17, 15) is 0 Å². The smallest absolute Gasteiger partial charge is 0.123 e. The Morgan fingerprint density at radius 2 is 2.23 bits per heavy atom. The molecule has 1 aliphatic rings. The molecule has 0 spiro atoms. The Kier molecular flexibility index (Phi) is 4.34. The molecule has 0 bridgehead atoms. The number of hydrogen-bond donors (Lipinski definition) is 0. The molecule has 0 N–H and O–H groups in total. The lowest BCUT2D eigenvalue weighted by Crippen LogP contribution is -2.38. The number of rotatable bonds is 3. The molecule has 1 aliphatic heterocycles. The van der Waals surface area contributed by atoms with Gasteiger partial charge in [-0.05, 0) is 6.07 Å². The van der Waals surface area contributed by atoms with Crippen LogP contribution >= 0.6 is 11.3 Å². The van der Waals surface area contributed by atoms with E-state index in [1.807, 2.05) is 17.9 Å². The first-order valence-electron chi connectivity index (χ1n) is 7.70. The lowest BCUT2D eigenvalue weighted by atomic mass is 9.93. The van der Waals surface area contributed by atoms with E-state index in [4.69, 9.17) is 9.72 Å². The summed E-state index contributed by atoms with van der Waals surface area (Å²) in [7, 11) is 1.99. The van der Waals surface area contributed by atoms with Gasteiger partial charge < -0.3 is 4.74 Å². The van der Waals surface area contributed by atoms with Gasteiger partial charge in [0.1, 0.15) is 11.1 Å². The molecule has 0 aromatic carbocycles. The maximum absolute atomic E-state index is 5.95. The summed E-state index contributed by atoms with van der Waals surface area (Å²) < 4.78 is 7.89. The molecule has 0 aliphatic carbocycles. The van der Waals surface area contributed by atoms with Crippen molar-refractivity contribution in [1.29, 1.82) is 0 Å². The average molecular weight is 320 g/mol. The quantitative estimate of drug-likeness (QED) is 0.872. The predicted molar refractivity (Wildman–Crippen MR) is 88.0 cm³/mol. The standard InChI is InChI=1S/C16H24N4OS/c1-16(2,3)14-11-22-15(18-14)13-10-20(7-8-21-13)9-12-5-6-17-19(12)4/h5-6,11,13H,7-10H2,1-4H3/t13-/m1/s1. The van der Waals surface area contributed by atoms with Crippen molar-refractivity contribution in [3.05, 3.63) is 34.0 Å². The van der Waals surface area contributed by atoms with Gasteiger partial charge in [0.05, 0.1) is 18.0 Å². The zero-order chi connectivity index (χ0) is 15.7. The molecule has 1 atom stereocenters. The average Bonchev–Trinajstić information content (AvgIpc) is 3.09. The van der Waals surface area contributed by atoms with Crippen LogP contribution in [0.1, 0.15) is 43.3 Å². The minimum Gasteiger partial charge on any atom is -0.368 e. The van der Waals surface area contributed by atoms with Crippen LogP contribution in [-0.2, 0) is 23.7 Å². The third kappa shape index (κ3) is 3.39. The lowest BCUT2D eigenvalue weighted by molar-refractivity contribution is -0.0337. The van der Waals surface area contributed by atoms with Crippen LogP contribution < -0.4 is 0 Å². The largest absolute Gasteiger partial charge is 0.368 e. The first-order chi connectivity index (χ1) is 10.4. The Morgan fingerprint density at radius 3 is 2.86 bits per heavy atom. The van der Waals surface area contributed by atoms with E-state index >= 15 is 0 Å². The summed E-state index contributed by atoms with van der Waals surface area (Å²) in [5, 5.41) is 7.50. The zero-order valence-electron chi connectivity index (χ0n) is 13.7. The number of aromatic nitrogens is 3. The van der Waals surface area contributed by atoms with E-state index in [-0.39, 0.29) is 11.5 Å². The summed E-state index contributed by atoms with van der Waals surface area (Å²) in [5.74, 6) is 0. The van der Waals surface area contributed by atoms with E-state index in [2.05, 4.69) is 42.2 Å². The van der Waals surface area contributed by atoms with Gasteiger partial charge in [0, 0.05) is 43.7 Å². The van der Waals surface area contributed by atoms with E-state index in [0.29, 0.717) is 0 Å². The molecule has 1 saturated heterocycles. The van der Waals surface area contributed by atoms with E-state index < -0.39 is 0 Å². The molecule has 0 amide bonds. The Balaban J connectivity index is 1.68. The van der Waals surface area contributed by atoms with Crippen molar-refractivity contribution in [2.75, 3.05) is 19.7 Å². The molecule has 2 aromatic heterocycles. The van der Waals surface area contributed by atoms with Crippen LogP contribution in [0.3, 0.4) is 0 Å². The number of ether oxygens (including phenoxy) is 1. The van der Waals surface area contributed by atoms with Crippen molar-refractivity contribution in [2.45, 2.75) is 38.8 Å². The second-order valence-electron chi connectivity index (χ2n) is 6.86. The Hall–Kier alpha value is -1.24. The summed E-state index contributed by atoms with van der Waals surface area (Å²) in [6.07, 6.45) is 1.94. The van der Waals surface area contributed by atoms with Gasteiger partial charge in [0.25, 0.3) is 0 Å². The molecule has 22 heavy (non-hydrogen) atoms. The maximum atomic E-state index is 5.95. The lowest BCUT2D eigenvalue weighted by Gasteiger charge is -2.31. The summed E-state index contributed by atoms with van der Waals surface area (Å²) >= 11 is 1.72. The number of thiazole rings is 1. The fraction of sp³-hybridized carbons (Fsp3) is 0.625. The number of aryl methyl sites for hydroxylation is 1. The molecule has 3 heterocycles. The maximum Gasteiger partial charge on any atom is 0.123 e. The van der Waals surface area contributed by atoms with Gasteiger partial charge >= 0.3 is 0 Å². The van der Waals surface area contributed by atoms with Crippen molar-refractivity contribution in [3.8, 4) is 0 Å². The third-order valence-electron chi connectivity index (χ3n) is 4.02. The van der Waals surface area contributed by atoms with Crippen molar-refractivity contribution in [1.82, 2.24) is 19.7 Å². The van der Waals surface area contributed by atoms with Crippen LogP contribution in [0.4, 0.5) is 0 Å². The van der Waals surface area contributed by atoms with Gasteiger partial charge in [-0.3, -0.25) is 9.58 Å². The Bertz CT molecular complexity index is 628. The van der Waals surface area contributed by atoms with E-state index in [1.54, 1.807) is 11.3 Å². The van der Waals surface area contributed by atoms with Gasteiger partial charge in [-0.2, -0.15) is 5.10 Å². The topological polar surface area (TPSA) is 43.2 Å². The Morgan fingerprint density at radius 1 is 1.41 bits per heavy atom. The summed E-state index contributed by atoms with van der Waals surface area (Å²) in [6.45, 7) is 10.1. The summed E-state index contributed by atoms with van der Waals surface area (Å²) in [5.41, 5.74) is 2.48. The monoisotopic (exact) mass is 320 g/mol. The normalized spacial score (nSPS) is 20.5. The molecule has 0 saturated carbocycles. The fourth-order valence-corrected chi connectivity index (χ4v) is 3.65. The van der Waals surface area contributed by atoms with E-state index in [1.165, 1.54) is 5.69 Å². The summed E-state index contributed by atoms with van der Waals surface area (Å²) in [6, 6.07) is 2.07. The zero-order valence-corrected chi connectivity index (χ0v) is 14.6. The van der Waals surface area contributed by atoms with Gasteiger partial charge in [0.2, 0.25) is 0 Å². The minimum absolute atomic E-state index is 0.0862. The highest BCUT2D eigenvalue weighted by molar-refractivity contribution is 7.09. The molecule has 0 unspecified atom stereocenters. The minimum atomic E-state index is 0.0862. The van der Waals surface area contributed by atoms with Crippen LogP contribution in [0.25, 0.3) is 0 Å². The molecule has 3 rings (SSSR count). The molecule has 1 fully saturated rings. The Labute approximate surface area is 135 Å². The van der Waals surface area contributed by atoms with Crippen LogP contribution in [0.5, 0.6) is 0 Å². The van der Waals surface area contributed by atoms with Crippen molar-refractivity contribution in [2.24, 2.45) is 7.05 Å². The molecular weight excluding hydrogens is 296 g/mol. The van der Waals surface area contributed by atoms with Crippen LogP contribution in [0.15, 0.2) is 17.6 Å². The molecule has 0 radical (unpaired) electrons. The number of nitrogens with zero attached hydrogens (tertiary/aromatic N) is 4. The van der Waals surface area contributed by atoms with Crippen LogP contribution in [0.2, 0.25) is 0 Å². The highest BCUT2D eigenvalue weighted by Crippen LogP contribution is 2.30. The first-order valence-corrected chi connectivity index (χ1v) is 8.58. The third-order valence-corrected chi connectivity index (χ3v) is 4.96. The van der Waals surface area contributed by atoms with Crippen molar-refractivity contribution >= 4 is 11.3 Å². The fourth-order valence-electron chi connectivity index (χ4n) is 2.56. The number of morpholine rings is 1. The molecular formula is C16H24N4OS. The molecule has 5 nitrogen and oxygen atoms in total. The first kappa shape index (κ1) is 15.6. The highest BCUT2D eigenvalue weighted by Gasteiger charge is 2.26. The molecule has 2 aromatic rings. The van der Waals surface area contributed by atoms with Gasteiger partial charge in [-0.1, -0.05) is 20.8 Å². The van der Waals surface area contributed by atoms with Gasteiger partial charge in [-0.15, -0.1) is 11.3 Å². The van der Waals surface area contributed by atoms with Crippen LogP contribution in [0, 0.1) is 0 Å². The van der Waals surface area contributed by atoms with Crippen molar-refractivity contribution in [3.63, 3.8) is 0 Å². The SMILES string of the molecule is Cn1nccc1CN1CCO[C@@H](c2nc(C(C)(C)C)cs2)C1. The molecule has 120 valence electrons. The van der Waals surface area contributed by atoms with Crippen molar-refractivity contribution < 1.29 is 4.74 Å². The summed E-state index contributed by atoms with van der Waals surface area (Å²) in [4.78, 5) is 7.22. The van der Waals surface area contributed by atoms with E-state index in [0.717, 1.165) is 36.9 Å². The van der Waals surface area contributed by atoms with Gasteiger partial charge in [-0.25, -0.2) is 4.98 Å². The predicted octanol–water partition coefficient (Wildman–Crippen LogP) is 2.75. The van der Waals surface area contributed by atoms with Crippen LogP contribution in [-0.4, -0.2) is 39.4 Å².